The number of hydrogen-bond acceptors (Lipinski definition) is 3. The maximum absolute atomic E-state index is 12.1. The maximum Gasteiger partial charge on any atom is 0.257 e. The van der Waals surface area contributed by atoms with Crippen LogP contribution in [0.1, 0.15) is 11.7 Å². The molecule has 1 amide bonds. The molecule has 0 saturated heterocycles. The summed E-state index contributed by atoms with van der Waals surface area (Å²) in [5.74, 6) is -0.514. The summed E-state index contributed by atoms with van der Waals surface area (Å²) in [5, 5.41) is 20.8. The molecule has 6 heteroatoms. The molecule has 3 N–H and O–H groups in total. The van der Waals surface area contributed by atoms with E-state index in [0.717, 1.165) is 10.9 Å². The zero-order valence-corrected chi connectivity index (χ0v) is 11.6. The summed E-state index contributed by atoms with van der Waals surface area (Å²) >= 11 is 5.85. The first-order valence-corrected chi connectivity index (χ1v) is 6.69. The van der Waals surface area contributed by atoms with Gasteiger partial charge in [-0.15, -0.1) is 0 Å². The highest BCUT2D eigenvalue weighted by atomic mass is 35.5. The third kappa shape index (κ3) is 2.89. The van der Waals surface area contributed by atoms with Crippen molar-refractivity contribution in [1.82, 2.24) is 10.2 Å². The smallest absolute Gasteiger partial charge is 0.257 e. The van der Waals surface area contributed by atoms with E-state index in [-0.39, 0.29) is 0 Å². The number of amides is 1. The molecule has 0 aliphatic heterocycles. The largest absolute Gasteiger partial charge is 0.378 e. The van der Waals surface area contributed by atoms with Crippen LogP contribution in [0.2, 0.25) is 5.02 Å². The third-order valence-electron chi connectivity index (χ3n) is 3.12. The van der Waals surface area contributed by atoms with E-state index in [4.69, 9.17) is 11.6 Å². The van der Waals surface area contributed by atoms with Crippen molar-refractivity contribution in [3.63, 3.8) is 0 Å². The summed E-state index contributed by atoms with van der Waals surface area (Å²) in [6.07, 6.45) is 0.391. The fourth-order valence-corrected chi connectivity index (χ4v) is 2.26. The quantitative estimate of drug-likeness (QED) is 0.696. The van der Waals surface area contributed by atoms with Gasteiger partial charge in [0.1, 0.15) is 0 Å². The molecule has 0 radical (unpaired) electrons. The van der Waals surface area contributed by atoms with E-state index in [9.17, 15) is 9.90 Å². The minimum Gasteiger partial charge on any atom is -0.378 e. The normalized spacial score (nSPS) is 12.3. The Balaban J connectivity index is 1.78. The topological polar surface area (TPSA) is 78.0 Å². The van der Waals surface area contributed by atoms with Gasteiger partial charge in [-0.1, -0.05) is 23.7 Å². The van der Waals surface area contributed by atoms with Crippen molar-refractivity contribution in [1.29, 1.82) is 0 Å². The van der Waals surface area contributed by atoms with E-state index in [1.807, 2.05) is 6.07 Å². The van der Waals surface area contributed by atoms with Crippen molar-refractivity contribution in [2.45, 2.75) is 6.10 Å². The predicted molar refractivity (Wildman–Crippen MR) is 81.1 cm³/mol. The molecule has 1 unspecified atom stereocenters. The lowest BCUT2D eigenvalue weighted by Crippen LogP contribution is -2.20. The molecule has 3 rings (SSSR count). The van der Waals surface area contributed by atoms with Gasteiger partial charge in [0.25, 0.3) is 5.91 Å². The lowest BCUT2D eigenvalue weighted by Gasteiger charge is -2.12. The lowest BCUT2D eigenvalue weighted by atomic mass is 10.1. The first kappa shape index (κ1) is 13.6. The van der Waals surface area contributed by atoms with Gasteiger partial charge < -0.3 is 10.4 Å². The second-order valence-electron chi connectivity index (χ2n) is 4.62. The van der Waals surface area contributed by atoms with E-state index < -0.39 is 12.0 Å². The predicted octanol–water partition coefficient (Wildman–Crippen LogP) is 2.89. The average molecular weight is 302 g/mol. The molecule has 0 fully saturated rings. The molecule has 2 aromatic carbocycles. The number of aliphatic hydroxyl groups excluding tert-OH is 1. The molecule has 0 bridgehead atoms. The second-order valence-corrected chi connectivity index (χ2v) is 5.06. The molecule has 106 valence electrons. The number of carbonyl (C=O) groups is 1. The number of H-pyrrole nitrogens is 1. The minimum atomic E-state index is -1.27. The zero-order valence-electron chi connectivity index (χ0n) is 10.9. The number of carbonyl (C=O) groups excluding carboxylic acids is 1. The number of aromatic amines is 1. The molecule has 0 saturated carbocycles. The Hall–Kier alpha value is -2.37. The van der Waals surface area contributed by atoms with Gasteiger partial charge in [-0.05, 0) is 35.9 Å². The van der Waals surface area contributed by atoms with Crippen molar-refractivity contribution in [3.8, 4) is 0 Å². The van der Waals surface area contributed by atoms with Gasteiger partial charge in [-0.25, -0.2) is 0 Å². The van der Waals surface area contributed by atoms with E-state index in [1.54, 1.807) is 42.6 Å². The van der Waals surface area contributed by atoms with E-state index >= 15 is 0 Å². The summed E-state index contributed by atoms with van der Waals surface area (Å²) in [6.45, 7) is 0. The van der Waals surface area contributed by atoms with Gasteiger partial charge >= 0.3 is 0 Å². The Labute approximate surface area is 125 Å². The Morgan fingerprint density at radius 2 is 2.14 bits per heavy atom. The van der Waals surface area contributed by atoms with Gasteiger partial charge in [0.05, 0.1) is 11.7 Å². The third-order valence-corrected chi connectivity index (χ3v) is 3.36. The molecule has 1 aromatic heterocycles. The number of fused-ring (bicyclic) bond motifs is 1. The van der Waals surface area contributed by atoms with Crippen LogP contribution in [-0.2, 0) is 4.79 Å². The van der Waals surface area contributed by atoms with Crippen molar-refractivity contribution >= 4 is 34.1 Å². The van der Waals surface area contributed by atoms with Crippen LogP contribution in [-0.4, -0.2) is 21.2 Å². The minimum absolute atomic E-state index is 0.449. The highest BCUT2D eigenvalue weighted by Crippen LogP contribution is 2.21. The number of anilines is 1. The summed E-state index contributed by atoms with van der Waals surface area (Å²) in [5.41, 5.74) is 1.92. The Morgan fingerprint density at radius 3 is 2.95 bits per heavy atom. The van der Waals surface area contributed by atoms with Crippen LogP contribution in [0.5, 0.6) is 0 Å². The van der Waals surface area contributed by atoms with Crippen LogP contribution in [0.4, 0.5) is 5.69 Å². The first-order valence-electron chi connectivity index (χ1n) is 6.31. The van der Waals surface area contributed by atoms with Crippen LogP contribution in [0.15, 0.2) is 48.7 Å². The SMILES string of the molecule is O=C(Nc1ccc2[nH]ncc2c1)C(O)c1cccc(Cl)c1. The Morgan fingerprint density at radius 1 is 1.29 bits per heavy atom. The van der Waals surface area contributed by atoms with Crippen LogP contribution < -0.4 is 5.32 Å². The van der Waals surface area contributed by atoms with Gasteiger partial charge in [0.15, 0.2) is 6.10 Å². The first-order chi connectivity index (χ1) is 10.1. The molecular formula is C15H12ClN3O2. The van der Waals surface area contributed by atoms with Crippen LogP contribution in [0.3, 0.4) is 0 Å². The number of rotatable bonds is 3. The Bertz CT molecular complexity index is 800. The fourth-order valence-electron chi connectivity index (χ4n) is 2.06. The van der Waals surface area contributed by atoms with Gasteiger partial charge in [-0.3, -0.25) is 9.89 Å². The number of benzene rings is 2. The molecule has 21 heavy (non-hydrogen) atoms. The molecule has 5 nitrogen and oxygen atoms in total. The van der Waals surface area contributed by atoms with Gasteiger partial charge in [0.2, 0.25) is 0 Å². The standard InChI is InChI=1S/C15H12ClN3O2/c16-11-3-1-2-9(6-11)14(20)15(21)18-12-4-5-13-10(7-12)8-17-19-13/h1-8,14,20H,(H,17,19)(H,18,21). The average Bonchev–Trinajstić information content (AvgIpc) is 2.94. The molecule has 3 aromatic rings. The second kappa shape index (κ2) is 5.55. The molecule has 1 atom stereocenters. The summed E-state index contributed by atoms with van der Waals surface area (Å²) < 4.78 is 0. The lowest BCUT2D eigenvalue weighted by molar-refractivity contribution is -0.124. The monoisotopic (exact) mass is 301 g/mol. The highest BCUT2D eigenvalue weighted by molar-refractivity contribution is 6.30. The number of nitrogens with zero attached hydrogens (tertiary/aromatic N) is 1. The van der Waals surface area contributed by atoms with Gasteiger partial charge in [-0.2, -0.15) is 5.10 Å². The highest BCUT2D eigenvalue weighted by Gasteiger charge is 2.17. The molecule has 0 aliphatic carbocycles. The van der Waals surface area contributed by atoms with Crippen molar-refractivity contribution in [2.24, 2.45) is 0 Å². The summed E-state index contributed by atoms with van der Waals surface area (Å²) in [4.78, 5) is 12.1. The summed E-state index contributed by atoms with van der Waals surface area (Å²) in [6, 6.07) is 11.9. The molecule has 1 heterocycles. The van der Waals surface area contributed by atoms with Crippen LogP contribution in [0.25, 0.3) is 10.9 Å². The van der Waals surface area contributed by atoms with Gasteiger partial charge in [0, 0.05) is 16.1 Å². The number of nitrogens with one attached hydrogen (secondary N) is 2. The number of aromatic nitrogens is 2. The number of halogens is 1. The Kier molecular flexibility index (Phi) is 3.60. The number of hydrogen-bond donors (Lipinski definition) is 3. The maximum atomic E-state index is 12.1. The molecule has 0 aliphatic rings. The van der Waals surface area contributed by atoms with E-state index in [0.29, 0.717) is 16.3 Å². The van der Waals surface area contributed by atoms with Crippen molar-refractivity contribution in [2.75, 3.05) is 5.32 Å². The summed E-state index contributed by atoms with van der Waals surface area (Å²) in [7, 11) is 0. The molecular weight excluding hydrogens is 290 g/mol. The van der Waals surface area contributed by atoms with E-state index in [2.05, 4.69) is 15.5 Å². The van der Waals surface area contributed by atoms with Crippen LogP contribution in [0, 0.1) is 0 Å². The van der Waals surface area contributed by atoms with Crippen molar-refractivity contribution < 1.29 is 9.90 Å². The fraction of sp³-hybridized carbons (Fsp3) is 0.0667. The van der Waals surface area contributed by atoms with Crippen LogP contribution >= 0.6 is 11.6 Å². The number of aliphatic hydroxyl groups is 1. The van der Waals surface area contributed by atoms with Crippen molar-refractivity contribution in [3.05, 3.63) is 59.2 Å². The van der Waals surface area contributed by atoms with E-state index in [1.165, 1.54) is 0 Å². The molecule has 0 spiro atoms. The zero-order chi connectivity index (χ0) is 14.8.